The van der Waals surface area contributed by atoms with Crippen molar-refractivity contribution in [2.45, 2.75) is 98.3 Å². The molecule has 1 fully saturated rings. The number of hydrogen-bond donors (Lipinski definition) is 1. The fraction of sp³-hybridized carbons (Fsp3) is 0.680. The van der Waals surface area contributed by atoms with Crippen LogP contribution >= 0.6 is 9.12 Å². The molecule has 0 saturated heterocycles. The Morgan fingerprint density at radius 3 is 1.97 bits per heavy atom. The highest BCUT2D eigenvalue weighted by atomic mass is 31.0. The highest BCUT2D eigenvalue weighted by Crippen LogP contribution is 2.49. The lowest BCUT2D eigenvalue weighted by Gasteiger charge is -2.35. The molecule has 2 unspecified atom stereocenters. The molecule has 0 heterocycles. The summed E-state index contributed by atoms with van der Waals surface area (Å²) in [6.07, 6.45) is 10.8. The molecule has 168 valence electrons. The Bertz CT molecular complexity index is 684. The summed E-state index contributed by atoms with van der Waals surface area (Å²) < 4.78 is 8.17. The first-order valence-corrected chi connectivity index (χ1v) is 11.9. The van der Waals surface area contributed by atoms with Gasteiger partial charge in [-0.15, -0.1) is 0 Å². The number of carboxylic acid groups (broad SMARTS) is 1. The SMILES string of the molecule is CCCCCCCCC(C(=O)O)C1(C(=O)c2c(C)cc(C)cc2C)CCCC1.O=[PH2+]. The van der Waals surface area contributed by atoms with Crippen LogP contribution in [0.3, 0.4) is 0 Å². The molecule has 1 aliphatic carbocycles. The number of hydrogen-bond acceptors (Lipinski definition) is 3. The second-order valence-corrected chi connectivity index (χ2v) is 8.91. The third-order valence-electron chi connectivity index (χ3n) is 6.66. The Balaban J connectivity index is 0.00000218. The summed E-state index contributed by atoms with van der Waals surface area (Å²) in [5.74, 6) is -1.27. The number of ketones is 1. The van der Waals surface area contributed by atoms with Gasteiger partial charge in [-0.3, -0.25) is 9.59 Å². The second-order valence-electron chi connectivity index (χ2n) is 8.91. The molecule has 30 heavy (non-hydrogen) atoms. The molecule has 1 N–H and O–H groups in total. The maximum absolute atomic E-state index is 13.8. The zero-order valence-corrected chi connectivity index (χ0v) is 20.4. The first-order valence-electron chi connectivity index (χ1n) is 11.4. The monoisotopic (exact) mass is 435 g/mol. The smallest absolute Gasteiger partial charge is 0.310 e. The summed E-state index contributed by atoms with van der Waals surface area (Å²) >= 11 is 0. The molecule has 1 aromatic rings. The highest BCUT2D eigenvalue weighted by molar-refractivity contribution is 7.00. The van der Waals surface area contributed by atoms with Crippen LogP contribution in [0, 0.1) is 32.1 Å². The standard InChI is InChI=1S/C25H38O3.H2OP/c1-5-6-7-8-9-10-13-21(24(27)28)25(14-11-12-15-25)23(26)22-19(3)16-18(2)17-20(22)4;1-2/h16-17,21H,5-15H2,1-4H3,(H,27,28);2H2/q;+1. The summed E-state index contributed by atoms with van der Waals surface area (Å²) in [6, 6.07) is 4.10. The van der Waals surface area contributed by atoms with Crippen molar-refractivity contribution in [3.8, 4) is 0 Å². The lowest BCUT2D eigenvalue weighted by atomic mass is 9.66. The molecule has 0 aromatic heterocycles. The fourth-order valence-electron chi connectivity index (χ4n) is 5.29. The molecule has 5 heteroatoms. The van der Waals surface area contributed by atoms with Crippen LogP contribution in [-0.4, -0.2) is 16.9 Å². The van der Waals surface area contributed by atoms with E-state index < -0.39 is 17.3 Å². The summed E-state index contributed by atoms with van der Waals surface area (Å²) in [7, 11) is 1.17. The number of carboxylic acids is 1. The summed E-state index contributed by atoms with van der Waals surface area (Å²) in [4.78, 5) is 26.0. The normalized spacial score (nSPS) is 15.9. The molecular formula is C25H40O4P+. The average molecular weight is 436 g/mol. The van der Waals surface area contributed by atoms with E-state index in [4.69, 9.17) is 4.57 Å². The minimum absolute atomic E-state index is 0.0818. The summed E-state index contributed by atoms with van der Waals surface area (Å²) in [5, 5.41) is 10.1. The molecular weight excluding hydrogens is 395 g/mol. The van der Waals surface area contributed by atoms with Gasteiger partial charge >= 0.3 is 15.1 Å². The minimum atomic E-state index is -0.786. The van der Waals surface area contributed by atoms with Gasteiger partial charge in [0.05, 0.1) is 5.92 Å². The third kappa shape index (κ3) is 6.48. The van der Waals surface area contributed by atoms with Gasteiger partial charge in [0.2, 0.25) is 0 Å². The van der Waals surface area contributed by atoms with E-state index in [1.807, 2.05) is 32.9 Å². The molecule has 2 atom stereocenters. The first-order chi connectivity index (χ1) is 14.3. The van der Waals surface area contributed by atoms with Crippen molar-refractivity contribution in [2.75, 3.05) is 0 Å². The number of aliphatic carboxylic acids is 1. The van der Waals surface area contributed by atoms with Crippen molar-refractivity contribution >= 4 is 20.9 Å². The maximum Gasteiger partial charge on any atom is 0.310 e. The van der Waals surface area contributed by atoms with E-state index >= 15 is 0 Å². The quantitative estimate of drug-likeness (QED) is 0.230. The molecule has 0 spiro atoms. The van der Waals surface area contributed by atoms with Crippen LogP contribution in [0.25, 0.3) is 0 Å². The van der Waals surface area contributed by atoms with Crippen LogP contribution in [0.1, 0.15) is 105 Å². The number of carbonyl (C=O) groups excluding carboxylic acids is 1. The molecule has 2 rings (SSSR count). The Kier molecular flexibility index (Phi) is 11.5. The third-order valence-corrected chi connectivity index (χ3v) is 6.66. The number of benzene rings is 1. The van der Waals surface area contributed by atoms with E-state index in [1.54, 1.807) is 0 Å². The number of Topliss-reactive ketones (excluding diaryl/α,β-unsaturated/α-hetero) is 1. The molecule has 1 saturated carbocycles. The Morgan fingerprint density at radius 1 is 0.967 bits per heavy atom. The zero-order valence-electron chi connectivity index (χ0n) is 19.3. The lowest BCUT2D eigenvalue weighted by Crippen LogP contribution is -2.41. The van der Waals surface area contributed by atoms with E-state index in [9.17, 15) is 14.7 Å². The van der Waals surface area contributed by atoms with Crippen molar-refractivity contribution in [1.29, 1.82) is 0 Å². The van der Waals surface area contributed by atoms with Gasteiger partial charge in [-0.05, 0) is 51.2 Å². The van der Waals surface area contributed by atoms with E-state index in [-0.39, 0.29) is 5.78 Å². The largest absolute Gasteiger partial charge is 0.481 e. The minimum Gasteiger partial charge on any atom is -0.481 e. The molecule has 0 bridgehead atoms. The van der Waals surface area contributed by atoms with Crippen LogP contribution < -0.4 is 0 Å². The fourth-order valence-corrected chi connectivity index (χ4v) is 5.29. The average Bonchev–Trinajstić information content (AvgIpc) is 3.18. The maximum atomic E-state index is 13.8. The Labute approximate surface area is 184 Å². The topological polar surface area (TPSA) is 71.4 Å². The summed E-state index contributed by atoms with van der Waals surface area (Å²) in [5.41, 5.74) is 3.16. The molecule has 0 aliphatic heterocycles. The van der Waals surface area contributed by atoms with Crippen LogP contribution in [0.4, 0.5) is 0 Å². The number of carbonyl (C=O) groups is 2. The van der Waals surface area contributed by atoms with Gasteiger partial charge in [-0.2, -0.15) is 0 Å². The van der Waals surface area contributed by atoms with Crippen molar-refractivity contribution in [3.05, 3.63) is 34.4 Å². The van der Waals surface area contributed by atoms with Gasteiger partial charge in [-0.25, -0.2) is 0 Å². The molecule has 0 amide bonds. The number of aryl methyl sites for hydroxylation is 3. The summed E-state index contributed by atoms with van der Waals surface area (Å²) in [6.45, 7) is 8.21. The molecule has 4 nitrogen and oxygen atoms in total. The molecule has 0 radical (unpaired) electrons. The highest BCUT2D eigenvalue weighted by Gasteiger charge is 2.50. The van der Waals surface area contributed by atoms with Gasteiger partial charge in [0.15, 0.2) is 5.78 Å². The van der Waals surface area contributed by atoms with Crippen LogP contribution in [0.5, 0.6) is 0 Å². The predicted octanol–water partition coefficient (Wildman–Crippen LogP) is 7.01. The van der Waals surface area contributed by atoms with Crippen molar-refractivity contribution in [1.82, 2.24) is 0 Å². The van der Waals surface area contributed by atoms with Crippen LogP contribution in [0.15, 0.2) is 12.1 Å². The first kappa shape index (κ1) is 26.5. The molecule has 1 aliphatic rings. The number of unbranched alkanes of at least 4 members (excludes halogenated alkanes) is 5. The second kappa shape index (κ2) is 13.0. The van der Waals surface area contributed by atoms with Gasteiger partial charge in [0.1, 0.15) is 0 Å². The Morgan fingerprint density at radius 2 is 1.47 bits per heavy atom. The van der Waals surface area contributed by atoms with Gasteiger partial charge in [-0.1, -0.05) is 80.6 Å². The van der Waals surface area contributed by atoms with E-state index in [0.29, 0.717) is 19.3 Å². The van der Waals surface area contributed by atoms with E-state index in [1.165, 1.54) is 28.4 Å². The molecule has 1 aromatic carbocycles. The van der Waals surface area contributed by atoms with Gasteiger partial charge in [0.25, 0.3) is 0 Å². The van der Waals surface area contributed by atoms with E-state index in [0.717, 1.165) is 54.4 Å². The van der Waals surface area contributed by atoms with Crippen molar-refractivity contribution in [3.63, 3.8) is 0 Å². The van der Waals surface area contributed by atoms with Crippen molar-refractivity contribution in [2.24, 2.45) is 11.3 Å². The lowest BCUT2D eigenvalue weighted by molar-refractivity contribution is -0.146. The van der Waals surface area contributed by atoms with Gasteiger partial charge < -0.3 is 5.11 Å². The predicted molar refractivity (Wildman–Crippen MR) is 125 cm³/mol. The van der Waals surface area contributed by atoms with Crippen molar-refractivity contribution < 1.29 is 19.3 Å². The van der Waals surface area contributed by atoms with Gasteiger partial charge in [0, 0.05) is 11.0 Å². The zero-order chi connectivity index (χ0) is 22.7. The Hall–Kier alpha value is -1.54. The van der Waals surface area contributed by atoms with Crippen LogP contribution in [0.2, 0.25) is 0 Å². The van der Waals surface area contributed by atoms with E-state index in [2.05, 4.69) is 6.92 Å². The number of rotatable bonds is 11. The van der Waals surface area contributed by atoms with Crippen LogP contribution in [-0.2, 0) is 9.36 Å².